The van der Waals surface area contributed by atoms with Crippen LogP contribution in [0.1, 0.15) is 12.5 Å². The van der Waals surface area contributed by atoms with Gasteiger partial charge in [-0.3, -0.25) is 19.9 Å². The van der Waals surface area contributed by atoms with Crippen LogP contribution in [-0.4, -0.2) is 39.5 Å². The van der Waals surface area contributed by atoms with Crippen molar-refractivity contribution in [1.82, 2.24) is 19.7 Å². The minimum Gasteiger partial charge on any atom is -0.478 e. The molecule has 3 heterocycles. The highest BCUT2D eigenvalue weighted by molar-refractivity contribution is 5.99. The van der Waals surface area contributed by atoms with Gasteiger partial charge in [-0.05, 0) is 37.6 Å². The summed E-state index contributed by atoms with van der Waals surface area (Å²) in [6, 6.07) is 15.4. The van der Waals surface area contributed by atoms with Gasteiger partial charge in [-0.2, -0.15) is 5.10 Å². The van der Waals surface area contributed by atoms with E-state index in [1.165, 1.54) is 0 Å². The van der Waals surface area contributed by atoms with E-state index >= 15 is 0 Å². The van der Waals surface area contributed by atoms with E-state index in [-0.39, 0.29) is 6.03 Å². The molecule has 0 saturated heterocycles. The van der Waals surface area contributed by atoms with Crippen LogP contribution in [0.4, 0.5) is 16.3 Å². The molecule has 0 spiro atoms. The molecule has 8 nitrogen and oxygen atoms in total. The molecule has 0 bridgehead atoms. The molecule has 0 atom stereocenters. The van der Waals surface area contributed by atoms with Crippen LogP contribution in [-0.2, 0) is 13.1 Å². The number of fused-ring (bicyclic) bond motifs is 2. The number of carbonyl (C=O) groups is 1. The molecule has 0 aliphatic carbocycles. The van der Waals surface area contributed by atoms with E-state index < -0.39 is 0 Å². The van der Waals surface area contributed by atoms with Crippen molar-refractivity contribution in [3.63, 3.8) is 0 Å². The molecule has 2 amide bonds. The lowest BCUT2D eigenvalue weighted by Gasteiger charge is -2.25. The number of aromatic nitrogens is 3. The molecule has 8 heteroatoms. The lowest BCUT2D eigenvalue weighted by Crippen LogP contribution is -2.28. The van der Waals surface area contributed by atoms with Gasteiger partial charge in [0.05, 0.1) is 5.69 Å². The Morgan fingerprint density at radius 3 is 2.88 bits per heavy atom. The summed E-state index contributed by atoms with van der Waals surface area (Å²) in [5, 5.41) is 12.4. The largest absolute Gasteiger partial charge is 0.478 e. The lowest BCUT2D eigenvalue weighted by molar-refractivity contribution is 0.121. The second kappa shape index (κ2) is 8.32. The number of carbonyl (C=O) groups excluding carboxylic acids is 1. The molecule has 0 radical (unpaired) electrons. The number of amides is 2. The molecule has 2 N–H and O–H groups in total. The Morgan fingerprint density at radius 1 is 1.09 bits per heavy atom. The normalized spacial score (nSPS) is 13.4. The van der Waals surface area contributed by atoms with E-state index in [4.69, 9.17) is 4.74 Å². The van der Waals surface area contributed by atoms with E-state index in [0.717, 1.165) is 39.9 Å². The van der Waals surface area contributed by atoms with Crippen LogP contribution < -0.4 is 15.4 Å². The minimum atomic E-state index is -0.354. The van der Waals surface area contributed by atoms with Crippen molar-refractivity contribution < 1.29 is 9.53 Å². The smallest absolute Gasteiger partial charge is 0.324 e. The van der Waals surface area contributed by atoms with Crippen molar-refractivity contribution in [2.24, 2.45) is 0 Å². The van der Waals surface area contributed by atoms with Gasteiger partial charge in [0.25, 0.3) is 0 Å². The third-order valence-corrected chi connectivity index (χ3v) is 5.46. The topological polar surface area (TPSA) is 84.3 Å². The van der Waals surface area contributed by atoms with Gasteiger partial charge in [0.1, 0.15) is 12.5 Å². The standard InChI is InChI=1S/C24H24N6O2/c1-3-30-21(17-5-4-16-8-9-25-13-19(16)10-17)12-23(28-30)27-24(31)26-20-7-6-18-14-29(2)15-32-22(18)11-20/h4-13H,3,14-15H2,1-2H3,(H2,26,27,28,31). The molecule has 0 saturated carbocycles. The summed E-state index contributed by atoms with van der Waals surface area (Å²) in [5.41, 5.74) is 3.72. The van der Waals surface area contributed by atoms with Crippen LogP contribution >= 0.6 is 0 Å². The number of benzene rings is 2. The van der Waals surface area contributed by atoms with Gasteiger partial charge < -0.3 is 10.1 Å². The number of pyridine rings is 1. The number of nitrogens with one attached hydrogen (secondary N) is 2. The van der Waals surface area contributed by atoms with E-state index in [0.29, 0.717) is 24.8 Å². The van der Waals surface area contributed by atoms with Crippen molar-refractivity contribution in [3.05, 3.63) is 66.5 Å². The SMILES string of the molecule is CCn1nc(NC(=O)Nc2ccc3c(c2)OCN(C)C3)cc1-c1ccc2ccncc2c1. The first-order valence-electron chi connectivity index (χ1n) is 10.5. The monoisotopic (exact) mass is 428 g/mol. The average Bonchev–Trinajstić information content (AvgIpc) is 3.21. The van der Waals surface area contributed by atoms with Crippen molar-refractivity contribution in [3.8, 4) is 17.0 Å². The van der Waals surface area contributed by atoms with Gasteiger partial charge in [0.2, 0.25) is 0 Å². The van der Waals surface area contributed by atoms with Crippen molar-refractivity contribution in [2.45, 2.75) is 20.0 Å². The van der Waals surface area contributed by atoms with Gasteiger partial charge in [-0.15, -0.1) is 0 Å². The second-order valence-corrected chi connectivity index (χ2v) is 7.86. The number of hydrogen-bond acceptors (Lipinski definition) is 5. The summed E-state index contributed by atoms with van der Waals surface area (Å²) >= 11 is 0. The number of rotatable bonds is 4. The quantitative estimate of drug-likeness (QED) is 0.498. The highest BCUT2D eigenvalue weighted by atomic mass is 16.5. The number of ether oxygens (including phenoxy) is 1. The fourth-order valence-electron chi connectivity index (χ4n) is 3.89. The molecule has 0 unspecified atom stereocenters. The van der Waals surface area contributed by atoms with Gasteiger partial charge in [0.15, 0.2) is 5.82 Å². The molecule has 32 heavy (non-hydrogen) atoms. The Labute approximate surface area is 185 Å². The number of anilines is 2. The third-order valence-electron chi connectivity index (χ3n) is 5.46. The van der Waals surface area contributed by atoms with E-state index in [2.05, 4.69) is 43.8 Å². The maximum absolute atomic E-state index is 12.6. The maximum Gasteiger partial charge on any atom is 0.324 e. The predicted molar refractivity (Wildman–Crippen MR) is 125 cm³/mol. The summed E-state index contributed by atoms with van der Waals surface area (Å²) in [7, 11) is 2.00. The average molecular weight is 428 g/mol. The van der Waals surface area contributed by atoms with Gasteiger partial charge >= 0.3 is 6.03 Å². The van der Waals surface area contributed by atoms with E-state index in [1.54, 1.807) is 6.20 Å². The van der Waals surface area contributed by atoms with Crippen molar-refractivity contribution in [2.75, 3.05) is 24.4 Å². The van der Waals surface area contributed by atoms with Crippen LogP contribution in [0.3, 0.4) is 0 Å². The molecule has 2 aromatic heterocycles. The molecule has 5 rings (SSSR count). The molecular weight excluding hydrogens is 404 g/mol. The second-order valence-electron chi connectivity index (χ2n) is 7.86. The number of hydrogen-bond donors (Lipinski definition) is 2. The molecule has 0 fully saturated rings. The first-order chi connectivity index (χ1) is 15.6. The summed E-state index contributed by atoms with van der Waals surface area (Å²) in [6.45, 7) is 4.06. The van der Waals surface area contributed by atoms with Crippen molar-refractivity contribution >= 4 is 28.3 Å². The summed E-state index contributed by atoms with van der Waals surface area (Å²) in [6.07, 6.45) is 3.63. The Kier molecular flexibility index (Phi) is 5.20. The molecule has 162 valence electrons. The fourth-order valence-corrected chi connectivity index (χ4v) is 3.89. The first-order valence-corrected chi connectivity index (χ1v) is 10.5. The first kappa shape index (κ1) is 20.0. The summed E-state index contributed by atoms with van der Waals surface area (Å²) in [4.78, 5) is 18.9. The zero-order valence-electron chi connectivity index (χ0n) is 18.0. The summed E-state index contributed by atoms with van der Waals surface area (Å²) < 4.78 is 7.59. The third kappa shape index (κ3) is 4.00. The van der Waals surface area contributed by atoms with Gasteiger partial charge in [0, 0.05) is 59.8 Å². The van der Waals surface area contributed by atoms with Crippen LogP contribution in [0, 0.1) is 0 Å². The summed E-state index contributed by atoms with van der Waals surface area (Å²) in [5.74, 6) is 1.28. The van der Waals surface area contributed by atoms with E-state index in [9.17, 15) is 4.79 Å². The predicted octanol–water partition coefficient (Wildman–Crippen LogP) is 4.54. The number of nitrogens with zero attached hydrogens (tertiary/aromatic N) is 4. The van der Waals surface area contributed by atoms with Crippen LogP contribution in [0.2, 0.25) is 0 Å². The Balaban J connectivity index is 1.33. The molecule has 1 aliphatic heterocycles. The van der Waals surface area contributed by atoms with Crippen LogP contribution in [0.25, 0.3) is 22.0 Å². The highest BCUT2D eigenvalue weighted by Crippen LogP contribution is 2.29. The van der Waals surface area contributed by atoms with Gasteiger partial charge in [-0.25, -0.2) is 4.79 Å². The lowest BCUT2D eigenvalue weighted by atomic mass is 10.1. The minimum absolute atomic E-state index is 0.354. The Hall–Kier alpha value is -3.91. The van der Waals surface area contributed by atoms with Crippen LogP contribution in [0.15, 0.2) is 60.9 Å². The zero-order chi connectivity index (χ0) is 22.1. The Morgan fingerprint density at radius 2 is 2.00 bits per heavy atom. The molecule has 1 aliphatic rings. The van der Waals surface area contributed by atoms with Gasteiger partial charge in [-0.1, -0.05) is 18.2 Å². The molecule has 2 aromatic carbocycles. The highest BCUT2D eigenvalue weighted by Gasteiger charge is 2.16. The maximum atomic E-state index is 12.6. The van der Waals surface area contributed by atoms with Crippen LogP contribution in [0.5, 0.6) is 5.75 Å². The number of urea groups is 1. The zero-order valence-corrected chi connectivity index (χ0v) is 18.0. The number of aryl methyl sites for hydroxylation is 1. The van der Waals surface area contributed by atoms with E-state index in [1.807, 2.05) is 55.2 Å². The fraction of sp³-hybridized carbons (Fsp3) is 0.208. The molecular formula is C24H24N6O2. The molecule has 4 aromatic rings. The Bertz CT molecular complexity index is 1300. The van der Waals surface area contributed by atoms with Crippen molar-refractivity contribution in [1.29, 1.82) is 0 Å².